The van der Waals surface area contributed by atoms with Gasteiger partial charge in [-0.1, -0.05) is 26.0 Å². The van der Waals surface area contributed by atoms with E-state index >= 15 is 0 Å². The maximum absolute atomic E-state index is 13.0. The molecule has 170 valence electrons. The van der Waals surface area contributed by atoms with Crippen molar-refractivity contribution in [2.24, 2.45) is 11.8 Å². The summed E-state index contributed by atoms with van der Waals surface area (Å²) in [6, 6.07) is 15.1. The number of aromatic nitrogens is 1. The molecule has 0 saturated carbocycles. The summed E-state index contributed by atoms with van der Waals surface area (Å²) in [6.07, 6.45) is 1.02. The number of piperidine rings is 1. The minimum Gasteiger partial charge on any atom is -0.298 e. The number of carbonyl (C=O) groups is 1. The topological polar surface area (TPSA) is 103 Å². The largest absolute Gasteiger partial charge is 0.298 e. The molecular weight excluding hydrogens is 456 g/mol. The average molecular weight is 481 g/mol. The van der Waals surface area contributed by atoms with Crippen LogP contribution in [0.25, 0.3) is 11.3 Å². The molecule has 1 fully saturated rings. The van der Waals surface area contributed by atoms with Crippen molar-refractivity contribution in [1.82, 2.24) is 9.29 Å². The summed E-state index contributed by atoms with van der Waals surface area (Å²) in [5.74, 6) is 0.280. The van der Waals surface area contributed by atoms with Gasteiger partial charge < -0.3 is 0 Å². The molecule has 1 aromatic heterocycles. The zero-order chi connectivity index (χ0) is 23.6. The van der Waals surface area contributed by atoms with Crippen LogP contribution in [-0.2, 0) is 10.0 Å². The van der Waals surface area contributed by atoms with E-state index < -0.39 is 10.0 Å². The van der Waals surface area contributed by atoms with Gasteiger partial charge in [0, 0.05) is 29.6 Å². The highest BCUT2D eigenvalue weighted by molar-refractivity contribution is 7.89. The third kappa shape index (κ3) is 5.14. The molecule has 1 aliphatic rings. The number of carbonyl (C=O) groups excluding carboxylic acids is 1. The van der Waals surface area contributed by atoms with Gasteiger partial charge in [-0.25, -0.2) is 13.4 Å². The number of amides is 1. The average Bonchev–Trinajstić information content (AvgIpc) is 3.27. The van der Waals surface area contributed by atoms with Crippen molar-refractivity contribution < 1.29 is 13.2 Å². The van der Waals surface area contributed by atoms with Crippen molar-refractivity contribution in [1.29, 1.82) is 5.26 Å². The first-order valence-electron chi connectivity index (χ1n) is 10.6. The number of rotatable bonds is 5. The highest BCUT2D eigenvalue weighted by atomic mass is 32.2. The van der Waals surface area contributed by atoms with Crippen LogP contribution in [0.5, 0.6) is 0 Å². The molecule has 2 atom stereocenters. The minimum absolute atomic E-state index is 0.192. The fourth-order valence-electron chi connectivity index (χ4n) is 4.08. The quantitative estimate of drug-likeness (QED) is 0.575. The van der Waals surface area contributed by atoms with Crippen molar-refractivity contribution in [2.45, 2.75) is 25.2 Å². The molecule has 2 aromatic carbocycles. The van der Waals surface area contributed by atoms with Crippen molar-refractivity contribution in [2.75, 3.05) is 18.4 Å². The van der Waals surface area contributed by atoms with Crippen LogP contribution < -0.4 is 5.32 Å². The summed E-state index contributed by atoms with van der Waals surface area (Å²) in [5, 5.41) is 13.9. The van der Waals surface area contributed by atoms with Gasteiger partial charge in [-0.15, -0.1) is 11.3 Å². The van der Waals surface area contributed by atoms with Gasteiger partial charge in [-0.3, -0.25) is 10.1 Å². The molecule has 9 heteroatoms. The number of nitrogens with zero attached hydrogens (tertiary/aromatic N) is 3. The van der Waals surface area contributed by atoms with Crippen molar-refractivity contribution >= 4 is 32.4 Å². The van der Waals surface area contributed by atoms with Gasteiger partial charge in [0.2, 0.25) is 10.0 Å². The Bertz CT molecular complexity index is 1280. The summed E-state index contributed by atoms with van der Waals surface area (Å²) in [6.45, 7) is 5.16. The third-order valence-electron chi connectivity index (χ3n) is 5.62. The highest BCUT2D eigenvalue weighted by Crippen LogP contribution is 2.28. The summed E-state index contributed by atoms with van der Waals surface area (Å²) in [4.78, 5) is 17.3. The van der Waals surface area contributed by atoms with E-state index in [1.54, 1.807) is 16.4 Å². The molecule has 1 saturated heterocycles. The number of sulfonamides is 1. The lowest BCUT2D eigenvalue weighted by Gasteiger charge is -2.34. The molecule has 1 amide bonds. The Morgan fingerprint density at radius 2 is 1.73 bits per heavy atom. The monoisotopic (exact) mass is 480 g/mol. The maximum atomic E-state index is 13.0. The van der Waals surface area contributed by atoms with Gasteiger partial charge in [0.25, 0.3) is 5.91 Å². The van der Waals surface area contributed by atoms with Crippen LogP contribution in [-0.4, -0.2) is 36.7 Å². The van der Waals surface area contributed by atoms with Crippen LogP contribution in [0.1, 0.15) is 36.2 Å². The van der Waals surface area contributed by atoms with Crippen molar-refractivity contribution in [3.8, 4) is 17.3 Å². The van der Waals surface area contributed by atoms with Gasteiger partial charge >= 0.3 is 0 Å². The van der Waals surface area contributed by atoms with E-state index in [4.69, 9.17) is 5.26 Å². The molecule has 1 aliphatic heterocycles. The molecule has 2 heterocycles. The lowest BCUT2D eigenvalue weighted by Crippen LogP contribution is -2.42. The first kappa shape index (κ1) is 23.1. The molecule has 1 N–H and O–H groups in total. The van der Waals surface area contributed by atoms with Crippen molar-refractivity contribution in [3.63, 3.8) is 0 Å². The highest BCUT2D eigenvalue weighted by Gasteiger charge is 2.31. The molecule has 3 aromatic rings. The second-order valence-corrected chi connectivity index (χ2v) is 11.3. The normalized spacial score (nSPS) is 19.1. The van der Waals surface area contributed by atoms with Crippen LogP contribution >= 0.6 is 11.3 Å². The van der Waals surface area contributed by atoms with E-state index in [-0.39, 0.29) is 10.8 Å². The number of benzene rings is 2. The molecular formula is C24H24N4O3S2. The standard InChI is InChI=1S/C24H24N4O3S2/c1-16-11-17(2)14-28(13-16)33(30,31)21-9-7-20(8-10-21)23(29)27-24-26-22(15-32-24)19-5-3-18(12-25)4-6-19/h3-10,15-17H,11,13-14H2,1-2H3,(H,26,27,29)/t16-,17-/m1/s1. The molecule has 0 unspecified atom stereocenters. The zero-order valence-electron chi connectivity index (χ0n) is 18.4. The zero-order valence-corrected chi connectivity index (χ0v) is 20.0. The van der Waals surface area contributed by atoms with Crippen LogP contribution in [0.15, 0.2) is 58.8 Å². The Morgan fingerprint density at radius 1 is 1.09 bits per heavy atom. The Balaban J connectivity index is 1.44. The number of anilines is 1. The Morgan fingerprint density at radius 3 is 2.33 bits per heavy atom. The van der Waals surface area contributed by atoms with Crippen LogP contribution in [0.3, 0.4) is 0 Å². The Labute approximate surface area is 197 Å². The number of nitrogens with one attached hydrogen (secondary N) is 1. The predicted molar refractivity (Wildman–Crippen MR) is 128 cm³/mol. The van der Waals surface area contributed by atoms with E-state index in [2.05, 4.69) is 30.2 Å². The third-order valence-corrected chi connectivity index (χ3v) is 8.23. The number of hydrogen-bond donors (Lipinski definition) is 1. The molecule has 7 nitrogen and oxygen atoms in total. The van der Waals surface area contributed by atoms with Crippen LogP contribution in [0, 0.1) is 23.2 Å². The Hall–Kier alpha value is -3.06. The second kappa shape index (κ2) is 9.43. The second-order valence-electron chi connectivity index (χ2n) is 8.47. The predicted octanol–water partition coefficient (Wildman–Crippen LogP) is 4.60. The van der Waals surface area contributed by atoms with Gasteiger partial charge in [0.1, 0.15) is 0 Å². The summed E-state index contributed by atoms with van der Waals surface area (Å²) >= 11 is 1.29. The maximum Gasteiger partial charge on any atom is 0.257 e. The van der Waals surface area contributed by atoms with E-state index in [9.17, 15) is 13.2 Å². The fraction of sp³-hybridized carbons (Fsp3) is 0.292. The molecule has 0 bridgehead atoms. The first-order chi connectivity index (χ1) is 15.8. The van der Waals surface area contributed by atoms with Gasteiger partial charge in [0.15, 0.2) is 5.13 Å². The van der Waals surface area contributed by atoms with Crippen LogP contribution in [0.2, 0.25) is 0 Å². The summed E-state index contributed by atoms with van der Waals surface area (Å²) in [7, 11) is -3.59. The van der Waals surface area contributed by atoms with E-state index in [1.165, 1.54) is 35.6 Å². The molecule has 4 rings (SSSR count). The van der Waals surface area contributed by atoms with E-state index in [0.29, 0.717) is 46.9 Å². The molecule has 33 heavy (non-hydrogen) atoms. The first-order valence-corrected chi connectivity index (χ1v) is 13.0. The lowest BCUT2D eigenvalue weighted by molar-refractivity contribution is 0.102. The summed E-state index contributed by atoms with van der Waals surface area (Å²) in [5.41, 5.74) is 2.47. The Kier molecular flexibility index (Phi) is 6.61. The number of hydrogen-bond acceptors (Lipinski definition) is 6. The van der Waals surface area contributed by atoms with Gasteiger partial charge in [-0.05, 0) is 54.7 Å². The SMILES string of the molecule is C[C@@H]1C[C@@H](C)CN(S(=O)(=O)c2ccc(C(=O)Nc3nc(-c4ccc(C#N)cc4)cs3)cc2)C1. The van der Waals surface area contributed by atoms with Gasteiger partial charge in [0.05, 0.1) is 22.2 Å². The number of thiazole rings is 1. The lowest BCUT2D eigenvalue weighted by atomic mass is 9.94. The minimum atomic E-state index is -3.59. The number of nitriles is 1. The molecule has 0 aliphatic carbocycles. The molecule has 0 radical (unpaired) electrons. The fourth-order valence-corrected chi connectivity index (χ4v) is 6.47. The van der Waals surface area contributed by atoms with Crippen LogP contribution in [0.4, 0.5) is 5.13 Å². The van der Waals surface area contributed by atoms with E-state index in [1.807, 2.05) is 17.5 Å². The smallest absolute Gasteiger partial charge is 0.257 e. The molecule has 0 spiro atoms. The van der Waals surface area contributed by atoms with Gasteiger partial charge in [-0.2, -0.15) is 9.57 Å². The van der Waals surface area contributed by atoms with E-state index in [0.717, 1.165) is 12.0 Å². The van der Waals surface area contributed by atoms with Crippen molar-refractivity contribution in [3.05, 3.63) is 65.0 Å². The summed E-state index contributed by atoms with van der Waals surface area (Å²) < 4.78 is 27.6.